The first-order valence-corrected chi connectivity index (χ1v) is 6.08. The van der Waals surface area contributed by atoms with Crippen LogP contribution < -0.4 is 4.90 Å². The lowest BCUT2D eigenvalue weighted by Gasteiger charge is -2.37. The SMILES string of the molecule is CC(=O)c1ccccc1N1C[C@@H](C)O[C@@H](C)C1. The van der Waals surface area contributed by atoms with Gasteiger partial charge in [-0.05, 0) is 32.9 Å². The molecular weight excluding hydrogens is 214 g/mol. The summed E-state index contributed by atoms with van der Waals surface area (Å²) in [6.07, 6.45) is 0.414. The Hall–Kier alpha value is -1.35. The summed E-state index contributed by atoms with van der Waals surface area (Å²) in [5.41, 5.74) is 1.83. The number of Topliss-reactive ketones (excluding diaryl/α,β-unsaturated/α-hetero) is 1. The van der Waals surface area contributed by atoms with Gasteiger partial charge >= 0.3 is 0 Å². The summed E-state index contributed by atoms with van der Waals surface area (Å²) in [5.74, 6) is 0.118. The minimum Gasteiger partial charge on any atom is -0.372 e. The molecule has 1 fully saturated rings. The van der Waals surface area contributed by atoms with E-state index in [1.165, 1.54) is 0 Å². The normalized spacial score (nSPS) is 24.8. The first-order chi connectivity index (χ1) is 8.08. The number of para-hydroxylation sites is 1. The van der Waals surface area contributed by atoms with Crippen LogP contribution in [0.5, 0.6) is 0 Å². The third-order valence-electron chi connectivity index (χ3n) is 3.04. The molecule has 0 saturated carbocycles. The van der Waals surface area contributed by atoms with Gasteiger partial charge in [0.2, 0.25) is 0 Å². The fourth-order valence-corrected chi connectivity index (χ4v) is 2.42. The van der Waals surface area contributed by atoms with Crippen molar-refractivity contribution in [3.05, 3.63) is 29.8 Å². The van der Waals surface area contributed by atoms with Gasteiger partial charge in [-0.2, -0.15) is 0 Å². The molecule has 3 heteroatoms. The zero-order valence-electron chi connectivity index (χ0n) is 10.6. The Labute approximate surface area is 102 Å². The zero-order valence-corrected chi connectivity index (χ0v) is 10.6. The molecule has 17 heavy (non-hydrogen) atoms. The van der Waals surface area contributed by atoms with Crippen molar-refractivity contribution >= 4 is 11.5 Å². The smallest absolute Gasteiger partial charge is 0.161 e. The monoisotopic (exact) mass is 233 g/mol. The maximum Gasteiger partial charge on any atom is 0.161 e. The van der Waals surface area contributed by atoms with Gasteiger partial charge in [-0.25, -0.2) is 0 Å². The Morgan fingerprint density at radius 2 is 1.82 bits per heavy atom. The molecule has 2 atom stereocenters. The Kier molecular flexibility index (Phi) is 3.48. The van der Waals surface area contributed by atoms with E-state index in [2.05, 4.69) is 18.7 Å². The Morgan fingerprint density at radius 3 is 2.41 bits per heavy atom. The summed E-state index contributed by atoms with van der Waals surface area (Å²) in [6, 6.07) is 7.80. The molecule has 0 bridgehead atoms. The van der Waals surface area contributed by atoms with E-state index in [1.54, 1.807) is 6.92 Å². The van der Waals surface area contributed by atoms with Crippen LogP contribution in [-0.4, -0.2) is 31.1 Å². The van der Waals surface area contributed by atoms with Crippen LogP contribution in [0.3, 0.4) is 0 Å². The Bertz CT molecular complexity index is 406. The van der Waals surface area contributed by atoms with Gasteiger partial charge in [0.1, 0.15) is 0 Å². The third kappa shape index (κ3) is 2.67. The van der Waals surface area contributed by atoms with Crippen molar-refractivity contribution < 1.29 is 9.53 Å². The lowest BCUT2D eigenvalue weighted by atomic mass is 10.1. The summed E-state index contributed by atoms with van der Waals surface area (Å²) in [5, 5.41) is 0. The van der Waals surface area contributed by atoms with Crippen molar-refractivity contribution in [2.24, 2.45) is 0 Å². The van der Waals surface area contributed by atoms with Crippen LogP contribution in [0.2, 0.25) is 0 Å². The number of carbonyl (C=O) groups excluding carboxylic acids is 1. The maximum absolute atomic E-state index is 11.6. The minimum absolute atomic E-state index is 0.118. The number of ether oxygens (including phenoxy) is 1. The Morgan fingerprint density at radius 1 is 1.24 bits per heavy atom. The van der Waals surface area contributed by atoms with E-state index in [4.69, 9.17) is 4.74 Å². The zero-order chi connectivity index (χ0) is 12.4. The van der Waals surface area contributed by atoms with Crippen LogP contribution in [0.15, 0.2) is 24.3 Å². The molecule has 1 aliphatic rings. The van der Waals surface area contributed by atoms with Crippen LogP contribution in [0.25, 0.3) is 0 Å². The second kappa shape index (κ2) is 4.88. The highest BCUT2D eigenvalue weighted by molar-refractivity contribution is 5.99. The fourth-order valence-electron chi connectivity index (χ4n) is 2.42. The summed E-state index contributed by atoms with van der Waals surface area (Å²) in [7, 11) is 0. The molecule has 1 aliphatic heterocycles. The number of hydrogen-bond acceptors (Lipinski definition) is 3. The highest BCUT2D eigenvalue weighted by Gasteiger charge is 2.24. The molecule has 1 aromatic carbocycles. The van der Waals surface area contributed by atoms with E-state index in [1.807, 2.05) is 24.3 Å². The third-order valence-corrected chi connectivity index (χ3v) is 3.04. The van der Waals surface area contributed by atoms with Crippen molar-refractivity contribution in [3.63, 3.8) is 0 Å². The molecule has 0 N–H and O–H groups in total. The molecule has 3 nitrogen and oxygen atoms in total. The highest BCUT2D eigenvalue weighted by Crippen LogP contribution is 2.24. The predicted octanol–water partition coefficient (Wildman–Crippen LogP) is 2.50. The van der Waals surface area contributed by atoms with Gasteiger partial charge in [0.25, 0.3) is 0 Å². The Balaban J connectivity index is 2.30. The molecule has 1 heterocycles. The van der Waals surface area contributed by atoms with E-state index in [-0.39, 0.29) is 18.0 Å². The fraction of sp³-hybridized carbons (Fsp3) is 0.500. The number of morpholine rings is 1. The summed E-state index contributed by atoms with van der Waals surface area (Å²) >= 11 is 0. The molecule has 1 saturated heterocycles. The number of nitrogens with zero attached hydrogens (tertiary/aromatic N) is 1. The van der Waals surface area contributed by atoms with Gasteiger partial charge in [-0.15, -0.1) is 0 Å². The van der Waals surface area contributed by atoms with E-state index in [0.717, 1.165) is 24.3 Å². The average Bonchev–Trinajstić information content (AvgIpc) is 2.27. The molecule has 0 unspecified atom stereocenters. The van der Waals surface area contributed by atoms with E-state index >= 15 is 0 Å². The predicted molar refractivity (Wildman–Crippen MR) is 68.7 cm³/mol. The molecule has 1 aromatic rings. The second-order valence-corrected chi connectivity index (χ2v) is 4.74. The van der Waals surface area contributed by atoms with Crippen LogP contribution >= 0.6 is 0 Å². The maximum atomic E-state index is 11.6. The number of carbonyl (C=O) groups is 1. The average molecular weight is 233 g/mol. The van der Waals surface area contributed by atoms with Gasteiger partial charge in [-0.1, -0.05) is 12.1 Å². The van der Waals surface area contributed by atoms with Crippen LogP contribution in [0.4, 0.5) is 5.69 Å². The van der Waals surface area contributed by atoms with Crippen LogP contribution in [0, 0.1) is 0 Å². The molecule has 0 aliphatic carbocycles. The lowest BCUT2D eigenvalue weighted by molar-refractivity contribution is -0.00526. The van der Waals surface area contributed by atoms with Crippen LogP contribution in [-0.2, 0) is 4.74 Å². The van der Waals surface area contributed by atoms with Crippen molar-refractivity contribution in [3.8, 4) is 0 Å². The summed E-state index contributed by atoms with van der Waals surface area (Å²) in [6.45, 7) is 7.44. The molecule has 0 radical (unpaired) electrons. The number of benzene rings is 1. The van der Waals surface area contributed by atoms with E-state index < -0.39 is 0 Å². The lowest BCUT2D eigenvalue weighted by Crippen LogP contribution is -2.46. The molecule has 92 valence electrons. The van der Waals surface area contributed by atoms with Crippen molar-refractivity contribution in [2.45, 2.75) is 33.0 Å². The molecule has 2 rings (SSSR count). The van der Waals surface area contributed by atoms with Crippen molar-refractivity contribution in [2.75, 3.05) is 18.0 Å². The highest BCUT2D eigenvalue weighted by atomic mass is 16.5. The largest absolute Gasteiger partial charge is 0.372 e. The number of hydrogen-bond donors (Lipinski definition) is 0. The van der Waals surface area contributed by atoms with Gasteiger partial charge in [0.05, 0.1) is 12.2 Å². The van der Waals surface area contributed by atoms with Crippen molar-refractivity contribution in [1.82, 2.24) is 0 Å². The standard InChI is InChI=1S/C14H19NO2/c1-10-8-15(9-11(2)17-10)14-7-5-4-6-13(14)12(3)16/h4-7,10-11H,8-9H2,1-3H3/t10-,11+. The number of rotatable bonds is 2. The first-order valence-electron chi connectivity index (χ1n) is 6.08. The van der Waals surface area contributed by atoms with Gasteiger partial charge < -0.3 is 9.64 Å². The number of ketones is 1. The van der Waals surface area contributed by atoms with Gasteiger partial charge in [-0.3, -0.25) is 4.79 Å². The molecule has 0 spiro atoms. The van der Waals surface area contributed by atoms with Gasteiger partial charge in [0.15, 0.2) is 5.78 Å². The summed E-state index contributed by atoms with van der Waals surface area (Å²) in [4.78, 5) is 13.9. The minimum atomic E-state index is 0.118. The second-order valence-electron chi connectivity index (χ2n) is 4.74. The van der Waals surface area contributed by atoms with E-state index in [0.29, 0.717) is 0 Å². The summed E-state index contributed by atoms with van der Waals surface area (Å²) < 4.78 is 5.71. The molecule has 0 aromatic heterocycles. The van der Waals surface area contributed by atoms with Crippen LogP contribution in [0.1, 0.15) is 31.1 Å². The number of anilines is 1. The molecule has 0 amide bonds. The topological polar surface area (TPSA) is 29.5 Å². The van der Waals surface area contributed by atoms with Crippen molar-refractivity contribution in [1.29, 1.82) is 0 Å². The van der Waals surface area contributed by atoms with E-state index in [9.17, 15) is 4.79 Å². The first kappa shape index (κ1) is 12.1. The van der Waals surface area contributed by atoms with Gasteiger partial charge in [0, 0.05) is 24.3 Å². The molecular formula is C14H19NO2. The quantitative estimate of drug-likeness (QED) is 0.735.